The van der Waals surface area contributed by atoms with E-state index in [2.05, 4.69) is 0 Å². The third-order valence-electron chi connectivity index (χ3n) is 2.38. The minimum atomic E-state index is -0.417. The zero-order chi connectivity index (χ0) is 14.0. The highest BCUT2D eigenvalue weighted by molar-refractivity contribution is 6.21. The highest BCUT2D eigenvalue weighted by atomic mass is 35.5. The number of rotatable bonds is 8. The van der Waals surface area contributed by atoms with Crippen LogP contribution in [0.4, 0.5) is 0 Å². The van der Waals surface area contributed by atoms with Crippen LogP contribution in [0, 0.1) is 5.92 Å². The lowest BCUT2D eigenvalue weighted by Crippen LogP contribution is -2.20. The first-order valence-electron chi connectivity index (χ1n) is 6.02. The standard InChI is InChI=1S/C14H21ClO3/c1-4-5-6-7-8-12(14(17)18-3)10-13(16)9-11(2)15/h4-7,11-12H,8-10H2,1-3H3/b5-4+,7-6+. The number of carbonyl (C=O) groups excluding carboxylic acids is 2. The Bertz CT molecular complexity index is 319. The topological polar surface area (TPSA) is 43.4 Å². The van der Waals surface area contributed by atoms with Crippen molar-refractivity contribution in [2.45, 2.75) is 38.5 Å². The third kappa shape index (κ3) is 8.07. The maximum absolute atomic E-state index is 11.6. The maximum atomic E-state index is 11.6. The predicted octanol–water partition coefficient (Wildman–Crippen LogP) is 3.27. The summed E-state index contributed by atoms with van der Waals surface area (Å²) in [6, 6.07) is 0. The molecular weight excluding hydrogens is 252 g/mol. The summed E-state index contributed by atoms with van der Waals surface area (Å²) in [7, 11) is 1.33. The van der Waals surface area contributed by atoms with Crippen LogP contribution < -0.4 is 0 Å². The van der Waals surface area contributed by atoms with Gasteiger partial charge in [0.1, 0.15) is 5.78 Å². The van der Waals surface area contributed by atoms with E-state index in [0.29, 0.717) is 6.42 Å². The lowest BCUT2D eigenvalue weighted by Gasteiger charge is -2.12. The van der Waals surface area contributed by atoms with Gasteiger partial charge >= 0.3 is 5.97 Å². The Morgan fingerprint density at radius 2 is 1.94 bits per heavy atom. The van der Waals surface area contributed by atoms with Gasteiger partial charge in [0.05, 0.1) is 13.0 Å². The van der Waals surface area contributed by atoms with Crippen molar-refractivity contribution in [2.75, 3.05) is 7.11 Å². The van der Waals surface area contributed by atoms with Gasteiger partial charge in [-0.2, -0.15) is 0 Å². The number of ketones is 1. The number of hydrogen-bond acceptors (Lipinski definition) is 3. The van der Waals surface area contributed by atoms with Crippen LogP contribution in [-0.4, -0.2) is 24.2 Å². The quantitative estimate of drug-likeness (QED) is 0.387. The summed E-state index contributed by atoms with van der Waals surface area (Å²) in [4.78, 5) is 23.2. The van der Waals surface area contributed by atoms with Crippen LogP contribution in [0.1, 0.15) is 33.1 Å². The number of carbonyl (C=O) groups is 2. The summed E-state index contributed by atoms with van der Waals surface area (Å²) >= 11 is 5.75. The highest BCUT2D eigenvalue weighted by Crippen LogP contribution is 2.15. The van der Waals surface area contributed by atoms with Gasteiger partial charge in [-0.25, -0.2) is 0 Å². The highest BCUT2D eigenvalue weighted by Gasteiger charge is 2.21. The van der Waals surface area contributed by atoms with E-state index in [1.807, 2.05) is 31.2 Å². The molecule has 0 spiro atoms. The normalized spacial score (nSPS) is 14.9. The monoisotopic (exact) mass is 272 g/mol. The van der Waals surface area contributed by atoms with Crippen molar-refractivity contribution < 1.29 is 14.3 Å². The van der Waals surface area contributed by atoms with Crippen molar-refractivity contribution in [2.24, 2.45) is 5.92 Å². The fourth-order valence-corrected chi connectivity index (χ4v) is 1.71. The third-order valence-corrected chi connectivity index (χ3v) is 2.53. The first-order chi connectivity index (χ1) is 8.51. The Morgan fingerprint density at radius 3 is 2.44 bits per heavy atom. The Kier molecular flexibility index (Phi) is 9.29. The second-order valence-corrected chi connectivity index (χ2v) is 4.88. The second kappa shape index (κ2) is 9.89. The van der Waals surface area contributed by atoms with Crippen LogP contribution in [-0.2, 0) is 14.3 Å². The minimum Gasteiger partial charge on any atom is -0.469 e. The molecule has 0 aromatic rings. The minimum absolute atomic E-state index is 0.00710. The van der Waals surface area contributed by atoms with Gasteiger partial charge < -0.3 is 4.74 Å². The number of ether oxygens (including phenoxy) is 1. The molecule has 0 aliphatic rings. The molecular formula is C14H21ClO3. The van der Waals surface area contributed by atoms with Crippen molar-refractivity contribution in [3.8, 4) is 0 Å². The van der Waals surface area contributed by atoms with Crippen molar-refractivity contribution in [1.29, 1.82) is 0 Å². The van der Waals surface area contributed by atoms with Crippen molar-refractivity contribution in [1.82, 2.24) is 0 Å². The van der Waals surface area contributed by atoms with E-state index in [-0.39, 0.29) is 30.0 Å². The number of Topliss-reactive ketones (excluding diaryl/α,β-unsaturated/α-hetero) is 1. The molecule has 0 amide bonds. The molecule has 2 unspecified atom stereocenters. The Balaban J connectivity index is 4.40. The summed E-state index contributed by atoms with van der Waals surface area (Å²) in [5, 5.41) is -0.200. The number of alkyl halides is 1. The molecule has 3 nitrogen and oxygen atoms in total. The number of hydrogen-bond donors (Lipinski definition) is 0. The van der Waals surface area contributed by atoms with E-state index in [4.69, 9.17) is 16.3 Å². The van der Waals surface area contributed by atoms with Crippen LogP contribution in [0.3, 0.4) is 0 Å². The molecule has 2 atom stereocenters. The zero-order valence-corrected chi connectivity index (χ0v) is 11.9. The Hall–Kier alpha value is -1.09. The van der Waals surface area contributed by atoms with Gasteiger partial charge in [-0.1, -0.05) is 24.3 Å². The molecule has 0 fully saturated rings. The Labute approximate surface area is 114 Å². The van der Waals surface area contributed by atoms with E-state index in [9.17, 15) is 9.59 Å². The lowest BCUT2D eigenvalue weighted by molar-refractivity contribution is -0.147. The molecule has 0 aromatic heterocycles. The molecule has 0 aliphatic heterocycles. The van der Waals surface area contributed by atoms with Gasteiger partial charge in [-0.15, -0.1) is 11.6 Å². The summed E-state index contributed by atoms with van der Waals surface area (Å²) in [6.45, 7) is 3.67. The summed E-state index contributed by atoms with van der Waals surface area (Å²) < 4.78 is 4.70. The van der Waals surface area contributed by atoms with Gasteiger partial charge in [-0.3, -0.25) is 9.59 Å². The average molecular weight is 273 g/mol. The van der Waals surface area contributed by atoms with Crippen LogP contribution >= 0.6 is 11.6 Å². The van der Waals surface area contributed by atoms with E-state index in [1.54, 1.807) is 6.92 Å². The fraction of sp³-hybridized carbons (Fsp3) is 0.571. The van der Waals surface area contributed by atoms with Crippen molar-refractivity contribution >= 4 is 23.4 Å². The van der Waals surface area contributed by atoms with Crippen molar-refractivity contribution in [3.63, 3.8) is 0 Å². The van der Waals surface area contributed by atoms with Gasteiger partial charge in [-0.05, 0) is 20.3 Å². The Morgan fingerprint density at radius 1 is 1.28 bits per heavy atom. The van der Waals surface area contributed by atoms with Gasteiger partial charge in [0.2, 0.25) is 0 Å². The lowest BCUT2D eigenvalue weighted by atomic mass is 9.96. The van der Waals surface area contributed by atoms with Gasteiger partial charge in [0.25, 0.3) is 0 Å². The van der Waals surface area contributed by atoms with E-state index < -0.39 is 5.92 Å². The molecule has 0 aromatic carbocycles. The first-order valence-corrected chi connectivity index (χ1v) is 6.46. The first kappa shape index (κ1) is 16.9. The molecule has 0 bridgehead atoms. The number of halogens is 1. The molecule has 4 heteroatoms. The molecule has 0 rings (SSSR count). The molecule has 0 N–H and O–H groups in total. The predicted molar refractivity (Wildman–Crippen MR) is 73.6 cm³/mol. The smallest absolute Gasteiger partial charge is 0.309 e. The van der Waals surface area contributed by atoms with E-state index in [1.165, 1.54) is 7.11 Å². The average Bonchev–Trinajstić information content (AvgIpc) is 2.31. The zero-order valence-electron chi connectivity index (χ0n) is 11.2. The molecule has 0 aliphatic carbocycles. The van der Waals surface area contributed by atoms with E-state index in [0.717, 1.165) is 0 Å². The van der Waals surface area contributed by atoms with Gasteiger partial charge in [0.15, 0.2) is 0 Å². The summed E-state index contributed by atoms with van der Waals surface area (Å²) in [5.41, 5.74) is 0. The summed E-state index contributed by atoms with van der Waals surface area (Å²) in [5.74, 6) is -0.776. The van der Waals surface area contributed by atoms with Gasteiger partial charge in [0, 0.05) is 18.2 Å². The number of methoxy groups -OCH3 is 1. The van der Waals surface area contributed by atoms with Crippen molar-refractivity contribution in [3.05, 3.63) is 24.3 Å². The molecule has 102 valence electrons. The van der Waals surface area contributed by atoms with Crippen LogP contribution in [0.15, 0.2) is 24.3 Å². The maximum Gasteiger partial charge on any atom is 0.309 e. The molecule has 0 saturated carbocycles. The fourth-order valence-electron chi connectivity index (χ4n) is 1.53. The second-order valence-electron chi connectivity index (χ2n) is 4.14. The number of allylic oxidation sites excluding steroid dienone is 4. The summed E-state index contributed by atoms with van der Waals surface area (Å²) in [6.07, 6.45) is 8.45. The van der Waals surface area contributed by atoms with E-state index >= 15 is 0 Å². The molecule has 0 saturated heterocycles. The van der Waals surface area contributed by atoms with Crippen LogP contribution in [0.25, 0.3) is 0 Å². The number of esters is 1. The van der Waals surface area contributed by atoms with Crippen LogP contribution in [0.2, 0.25) is 0 Å². The largest absolute Gasteiger partial charge is 0.469 e. The SMILES string of the molecule is C/C=C/C=C/CC(CC(=O)CC(C)Cl)C(=O)OC. The molecule has 0 heterocycles. The molecule has 0 radical (unpaired) electrons. The molecule has 18 heavy (non-hydrogen) atoms. The van der Waals surface area contributed by atoms with Crippen LogP contribution in [0.5, 0.6) is 0 Å².